The highest BCUT2D eigenvalue weighted by Crippen LogP contribution is 2.34. The highest BCUT2D eigenvalue weighted by molar-refractivity contribution is 8.18. The predicted molar refractivity (Wildman–Crippen MR) is 151 cm³/mol. The Bertz CT molecular complexity index is 1420. The molecular formula is C30H30N2O5S. The van der Waals surface area contributed by atoms with E-state index in [0.29, 0.717) is 17.0 Å². The van der Waals surface area contributed by atoms with Crippen molar-refractivity contribution in [3.63, 3.8) is 0 Å². The van der Waals surface area contributed by atoms with E-state index in [-0.39, 0.29) is 41.7 Å². The lowest BCUT2D eigenvalue weighted by molar-refractivity contribution is -0.123. The van der Waals surface area contributed by atoms with Crippen molar-refractivity contribution in [1.29, 1.82) is 0 Å². The molecule has 0 aliphatic carbocycles. The van der Waals surface area contributed by atoms with Gasteiger partial charge in [0.1, 0.15) is 18.1 Å². The average Bonchev–Trinajstić information content (AvgIpc) is 3.15. The number of benzene rings is 3. The van der Waals surface area contributed by atoms with Gasteiger partial charge in [-0.1, -0.05) is 36.4 Å². The smallest absolute Gasteiger partial charge is 0.293 e. The van der Waals surface area contributed by atoms with E-state index in [9.17, 15) is 14.4 Å². The fraction of sp³-hybridized carbons (Fsp3) is 0.233. The van der Waals surface area contributed by atoms with Gasteiger partial charge in [-0.2, -0.15) is 0 Å². The monoisotopic (exact) mass is 530 g/mol. The third-order valence-corrected chi connectivity index (χ3v) is 7.05. The van der Waals surface area contributed by atoms with Gasteiger partial charge in [-0.25, -0.2) is 0 Å². The molecule has 38 heavy (non-hydrogen) atoms. The Hall–Kier alpha value is -4.04. The maximum absolute atomic E-state index is 13.0. The molecular weight excluding hydrogens is 500 g/mol. The highest BCUT2D eigenvalue weighted by atomic mass is 32.2. The van der Waals surface area contributed by atoms with Crippen molar-refractivity contribution in [3.8, 4) is 11.5 Å². The van der Waals surface area contributed by atoms with Crippen LogP contribution in [0.5, 0.6) is 11.5 Å². The number of carbonyl (C=O) groups is 3. The molecule has 0 unspecified atom stereocenters. The maximum atomic E-state index is 13.0. The minimum absolute atomic E-state index is 0.145. The number of nitrogens with one attached hydrogen (secondary N) is 1. The maximum Gasteiger partial charge on any atom is 0.293 e. The van der Waals surface area contributed by atoms with Gasteiger partial charge in [-0.05, 0) is 92.1 Å². The zero-order valence-electron chi connectivity index (χ0n) is 21.9. The molecule has 1 aliphatic rings. The predicted octanol–water partition coefficient (Wildman–Crippen LogP) is 6.05. The zero-order chi connectivity index (χ0) is 27.2. The second-order valence-corrected chi connectivity index (χ2v) is 10.1. The molecule has 1 fully saturated rings. The molecule has 3 aromatic rings. The minimum Gasteiger partial charge on any atom is -0.491 e. The van der Waals surface area contributed by atoms with Crippen molar-refractivity contribution in [2.24, 2.45) is 0 Å². The lowest BCUT2D eigenvalue weighted by atomic mass is 10.1. The van der Waals surface area contributed by atoms with E-state index >= 15 is 0 Å². The van der Waals surface area contributed by atoms with Crippen LogP contribution in [-0.2, 0) is 9.59 Å². The van der Waals surface area contributed by atoms with Crippen LogP contribution < -0.4 is 14.8 Å². The first-order valence-corrected chi connectivity index (χ1v) is 13.1. The van der Waals surface area contributed by atoms with Crippen LogP contribution >= 0.6 is 11.8 Å². The summed E-state index contributed by atoms with van der Waals surface area (Å²) in [5, 5.41) is 2.48. The van der Waals surface area contributed by atoms with E-state index in [1.807, 2.05) is 64.1 Å². The van der Waals surface area contributed by atoms with E-state index in [4.69, 9.17) is 9.47 Å². The quantitative estimate of drug-likeness (QED) is 0.339. The standard InChI is InChI=1S/C30H30N2O5S/c1-19-9-10-21(3)26(15-19)36-14-13-32-29(34)27(38-30(32)35)17-23-7-5-6-8-25(23)37-18-28(33)31-24-12-11-20(2)22(4)16-24/h5-12,15-17H,13-14,18H2,1-4H3,(H,31,33)/b27-17-. The molecule has 1 N–H and O–H groups in total. The molecule has 3 amide bonds. The van der Waals surface area contributed by atoms with Crippen LogP contribution in [0.25, 0.3) is 6.08 Å². The Kier molecular flexibility index (Phi) is 8.53. The summed E-state index contributed by atoms with van der Waals surface area (Å²) in [5.41, 5.74) is 5.59. The second kappa shape index (κ2) is 12.0. The van der Waals surface area contributed by atoms with Gasteiger partial charge in [0.2, 0.25) is 0 Å². The Morgan fingerprint density at radius 3 is 2.45 bits per heavy atom. The number of hydrogen-bond acceptors (Lipinski definition) is 6. The summed E-state index contributed by atoms with van der Waals surface area (Å²) in [5.74, 6) is 0.493. The van der Waals surface area contributed by atoms with Crippen LogP contribution in [0.15, 0.2) is 65.6 Å². The molecule has 196 valence electrons. The SMILES string of the molecule is Cc1ccc(C)c(OCCN2C(=O)S/C(=C\c3ccccc3OCC(=O)Nc3ccc(C)c(C)c3)C2=O)c1. The number of anilines is 1. The van der Waals surface area contributed by atoms with Crippen LogP contribution in [0.4, 0.5) is 10.5 Å². The molecule has 0 spiro atoms. The molecule has 1 aliphatic heterocycles. The average molecular weight is 531 g/mol. The summed E-state index contributed by atoms with van der Waals surface area (Å²) < 4.78 is 11.6. The lowest BCUT2D eigenvalue weighted by Crippen LogP contribution is -2.32. The Labute approximate surface area is 226 Å². The molecule has 7 nitrogen and oxygen atoms in total. The molecule has 0 radical (unpaired) electrons. The van der Waals surface area contributed by atoms with E-state index in [1.54, 1.807) is 30.3 Å². The van der Waals surface area contributed by atoms with E-state index in [1.165, 1.54) is 4.90 Å². The number of ether oxygens (including phenoxy) is 2. The summed E-state index contributed by atoms with van der Waals surface area (Å²) in [6.45, 7) is 8.07. The fourth-order valence-corrected chi connectivity index (χ4v) is 4.69. The largest absolute Gasteiger partial charge is 0.491 e. The first-order chi connectivity index (χ1) is 18.2. The van der Waals surface area contributed by atoms with Crippen molar-refractivity contribution in [2.45, 2.75) is 27.7 Å². The van der Waals surface area contributed by atoms with Crippen molar-refractivity contribution in [3.05, 3.63) is 93.4 Å². The Morgan fingerprint density at radius 1 is 0.895 bits per heavy atom. The van der Waals surface area contributed by atoms with Crippen LogP contribution in [0.2, 0.25) is 0 Å². The first-order valence-electron chi connectivity index (χ1n) is 12.3. The minimum atomic E-state index is -0.383. The van der Waals surface area contributed by atoms with Gasteiger partial charge in [-0.3, -0.25) is 19.3 Å². The van der Waals surface area contributed by atoms with Crippen LogP contribution in [0.1, 0.15) is 27.8 Å². The van der Waals surface area contributed by atoms with E-state index < -0.39 is 0 Å². The van der Waals surface area contributed by atoms with Gasteiger partial charge in [-0.15, -0.1) is 0 Å². The first kappa shape index (κ1) is 27.0. The molecule has 4 rings (SSSR count). The number of imide groups is 1. The third-order valence-electron chi connectivity index (χ3n) is 6.14. The third kappa shape index (κ3) is 6.63. The summed E-state index contributed by atoms with van der Waals surface area (Å²) in [6, 6.07) is 18.7. The number of aryl methyl sites for hydroxylation is 4. The summed E-state index contributed by atoms with van der Waals surface area (Å²) in [4.78, 5) is 39.4. The normalized spacial score (nSPS) is 14.2. The van der Waals surface area contributed by atoms with Gasteiger partial charge in [0.05, 0.1) is 11.4 Å². The van der Waals surface area contributed by atoms with E-state index in [2.05, 4.69) is 5.32 Å². The summed E-state index contributed by atoms with van der Waals surface area (Å²) in [6.07, 6.45) is 1.62. The number of para-hydroxylation sites is 1. The Morgan fingerprint density at radius 2 is 1.66 bits per heavy atom. The van der Waals surface area contributed by atoms with Crippen molar-refractivity contribution in [1.82, 2.24) is 4.90 Å². The molecule has 3 aromatic carbocycles. The number of thioether (sulfide) groups is 1. The van der Waals surface area contributed by atoms with Crippen LogP contribution in [0, 0.1) is 27.7 Å². The van der Waals surface area contributed by atoms with Gasteiger partial charge in [0, 0.05) is 11.3 Å². The van der Waals surface area contributed by atoms with Crippen molar-refractivity contribution in [2.75, 3.05) is 25.1 Å². The van der Waals surface area contributed by atoms with Gasteiger partial charge in [0.25, 0.3) is 17.1 Å². The molecule has 0 saturated carbocycles. The molecule has 0 aromatic heterocycles. The zero-order valence-corrected chi connectivity index (χ0v) is 22.7. The summed E-state index contributed by atoms with van der Waals surface area (Å²) in [7, 11) is 0. The molecule has 8 heteroatoms. The lowest BCUT2D eigenvalue weighted by Gasteiger charge is -2.14. The highest BCUT2D eigenvalue weighted by Gasteiger charge is 2.35. The van der Waals surface area contributed by atoms with Crippen molar-refractivity contribution >= 4 is 40.6 Å². The van der Waals surface area contributed by atoms with Crippen LogP contribution in [-0.4, -0.2) is 41.7 Å². The van der Waals surface area contributed by atoms with Gasteiger partial charge < -0.3 is 14.8 Å². The topological polar surface area (TPSA) is 84.9 Å². The molecule has 0 atom stereocenters. The number of rotatable bonds is 9. The van der Waals surface area contributed by atoms with Gasteiger partial charge in [0.15, 0.2) is 6.61 Å². The fourth-order valence-electron chi connectivity index (χ4n) is 3.83. The number of carbonyl (C=O) groups excluding carboxylic acids is 3. The van der Waals surface area contributed by atoms with Crippen LogP contribution in [0.3, 0.4) is 0 Å². The second-order valence-electron chi connectivity index (χ2n) is 9.12. The van der Waals surface area contributed by atoms with Crippen molar-refractivity contribution < 1.29 is 23.9 Å². The number of hydrogen-bond donors (Lipinski definition) is 1. The molecule has 1 heterocycles. The number of nitrogens with zero attached hydrogens (tertiary/aromatic N) is 1. The molecule has 0 bridgehead atoms. The van der Waals surface area contributed by atoms with E-state index in [0.717, 1.165) is 39.8 Å². The molecule has 1 saturated heterocycles. The summed E-state index contributed by atoms with van der Waals surface area (Å²) >= 11 is 0.874. The number of amides is 3. The van der Waals surface area contributed by atoms with Gasteiger partial charge >= 0.3 is 0 Å². The Balaban J connectivity index is 1.37.